The highest BCUT2D eigenvalue weighted by Crippen LogP contribution is 2.55. The van der Waals surface area contributed by atoms with Crippen molar-refractivity contribution in [1.29, 1.82) is 0 Å². The topological polar surface area (TPSA) is 62.2 Å². The number of hydrogen-bond acceptors (Lipinski definition) is 6. The lowest BCUT2D eigenvalue weighted by Crippen LogP contribution is -2.25. The number of nitrogens with zero attached hydrogens (tertiary/aromatic N) is 1. The van der Waals surface area contributed by atoms with Gasteiger partial charge in [-0.25, -0.2) is 4.39 Å². The maximum Gasteiger partial charge on any atom is 0.210 e. The molecule has 0 unspecified atom stereocenters. The fourth-order valence-electron chi connectivity index (χ4n) is 4.36. The van der Waals surface area contributed by atoms with Gasteiger partial charge in [0.2, 0.25) is 5.82 Å². The van der Waals surface area contributed by atoms with Crippen LogP contribution in [0.25, 0.3) is 0 Å². The van der Waals surface area contributed by atoms with Crippen molar-refractivity contribution in [2.24, 2.45) is 0 Å². The van der Waals surface area contributed by atoms with Gasteiger partial charge in [0.25, 0.3) is 0 Å². The van der Waals surface area contributed by atoms with Crippen LogP contribution in [0.15, 0.2) is 59.5 Å². The average Bonchev–Trinajstić information content (AvgIpc) is 3.37. The highest BCUT2D eigenvalue weighted by atomic mass is 32.2. The normalized spacial score (nSPS) is 20.1. The van der Waals surface area contributed by atoms with Gasteiger partial charge < -0.3 is 19.7 Å². The molecule has 0 spiro atoms. The molecule has 2 aliphatic heterocycles. The molecular formula is C26H25F2NO4S. The minimum Gasteiger partial charge on any atom is -0.508 e. The molecule has 0 saturated carbocycles. The first-order chi connectivity index (χ1) is 16.5. The summed E-state index contributed by atoms with van der Waals surface area (Å²) in [5, 5.41) is 19.1. The summed E-state index contributed by atoms with van der Waals surface area (Å²) in [5.41, 5.74) is 1.62. The average molecular weight is 486 g/mol. The van der Waals surface area contributed by atoms with Crippen LogP contribution in [0.1, 0.15) is 35.3 Å². The zero-order chi connectivity index (χ0) is 23.7. The van der Waals surface area contributed by atoms with Crippen molar-refractivity contribution in [2.75, 3.05) is 26.2 Å². The molecule has 2 aliphatic rings. The minimum atomic E-state index is -1.11. The molecule has 5 rings (SSSR count). The summed E-state index contributed by atoms with van der Waals surface area (Å²) in [6.45, 7) is 3.74. The molecule has 0 bridgehead atoms. The van der Waals surface area contributed by atoms with E-state index < -0.39 is 23.5 Å². The van der Waals surface area contributed by atoms with Crippen molar-refractivity contribution < 1.29 is 28.5 Å². The van der Waals surface area contributed by atoms with Crippen LogP contribution in [0, 0.1) is 11.6 Å². The molecule has 0 amide bonds. The van der Waals surface area contributed by atoms with E-state index in [4.69, 9.17) is 9.47 Å². The zero-order valence-corrected chi connectivity index (χ0v) is 19.2. The molecule has 8 heteroatoms. The first-order valence-corrected chi connectivity index (χ1v) is 12.2. The summed E-state index contributed by atoms with van der Waals surface area (Å²) in [5.74, 6) is -2.51. The Kier molecular flexibility index (Phi) is 6.52. The van der Waals surface area contributed by atoms with Gasteiger partial charge in [-0.1, -0.05) is 24.3 Å². The third-order valence-corrected chi connectivity index (χ3v) is 7.52. The van der Waals surface area contributed by atoms with Crippen molar-refractivity contribution in [3.63, 3.8) is 0 Å². The lowest BCUT2D eigenvalue weighted by atomic mass is 10.00. The van der Waals surface area contributed by atoms with E-state index in [0.29, 0.717) is 6.61 Å². The van der Waals surface area contributed by atoms with Crippen LogP contribution in [0.5, 0.6) is 23.0 Å². The minimum absolute atomic E-state index is 0.125. The number of rotatable bonds is 6. The fraction of sp³-hybridized carbons (Fsp3) is 0.308. The molecule has 3 aromatic rings. The molecule has 0 aliphatic carbocycles. The van der Waals surface area contributed by atoms with Gasteiger partial charge in [-0.05, 0) is 67.4 Å². The highest BCUT2D eigenvalue weighted by Gasteiger charge is 2.36. The largest absolute Gasteiger partial charge is 0.508 e. The van der Waals surface area contributed by atoms with Crippen LogP contribution in [0.4, 0.5) is 8.78 Å². The summed E-state index contributed by atoms with van der Waals surface area (Å²) in [6, 6.07) is 15.2. The highest BCUT2D eigenvalue weighted by molar-refractivity contribution is 7.99. The first kappa shape index (κ1) is 22.8. The Bertz CT molecular complexity index is 1150. The number of phenolic OH excluding ortho intramolecular Hbond substituents is 2. The number of aromatic hydroxyl groups is 2. The van der Waals surface area contributed by atoms with Crippen LogP contribution >= 0.6 is 11.8 Å². The summed E-state index contributed by atoms with van der Waals surface area (Å²) >= 11 is 1.25. The first-order valence-electron chi connectivity index (χ1n) is 11.3. The molecule has 5 nitrogen and oxygen atoms in total. The number of phenols is 2. The molecule has 3 aromatic carbocycles. The van der Waals surface area contributed by atoms with Gasteiger partial charge in [0.05, 0.1) is 10.1 Å². The third-order valence-electron chi connectivity index (χ3n) is 6.19. The molecule has 34 heavy (non-hydrogen) atoms. The molecule has 2 heterocycles. The van der Waals surface area contributed by atoms with Gasteiger partial charge in [0, 0.05) is 6.54 Å². The second kappa shape index (κ2) is 9.72. The zero-order valence-electron chi connectivity index (χ0n) is 18.4. The van der Waals surface area contributed by atoms with E-state index >= 15 is 0 Å². The lowest BCUT2D eigenvalue weighted by Gasteiger charge is -2.34. The van der Waals surface area contributed by atoms with Gasteiger partial charge >= 0.3 is 0 Å². The molecule has 0 aromatic heterocycles. The van der Waals surface area contributed by atoms with E-state index in [2.05, 4.69) is 4.90 Å². The van der Waals surface area contributed by atoms with Crippen molar-refractivity contribution >= 4 is 11.8 Å². The number of ether oxygens (including phenoxy) is 2. The summed E-state index contributed by atoms with van der Waals surface area (Å²) in [6.07, 6.45) is 1.87. The quantitative estimate of drug-likeness (QED) is 0.459. The molecule has 2 N–H and O–H groups in total. The molecular weight excluding hydrogens is 460 g/mol. The Balaban J connectivity index is 1.40. The Morgan fingerprint density at radius 2 is 1.65 bits per heavy atom. The summed E-state index contributed by atoms with van der Waals surface area (Å²) in [4.78, 5) is 2.65. The second-order valence-electron chi connectivity index (χ2n) is 8.48. The van der Waals surface area contributed by atoms with Crippen molar-refractivity contribution in [3.8, 4) is 23.0 Å². The van der Waals surface area contributed by atoms with Gasteiger partial charge in [-0.2, -0.15) is 4.39 Å². The van der Waals surface area contributed by atoms with Crippen molar-refractivity contribution in [2.45, 2.75) is 29.1 Å². The van der Waals surface area contributed by atoms with Crippen LogP contribution in [0.3, 0.4) is 0 Å². The number of hydrogen-bond donors (Lipinski definition) is 2. The lowest BCUT2D eigenvalue weighted by molar-refractivity contribution is 0.178. The number of likely N-dealkylation sites (tertiary alicyclic amines) is 1. The van der Waals surface area contributed by atoms with Crippen molar-refractivity contribution in [3.05, 3.63) is 77.4 Å². The smallest absolute Gasteiger partial charge is 0.210 e. The second-order valence-corrected chi connectivity index (χ2v) is 9.67. The Labute approximate surface area is 200 Å². The van der Waals surface area contributed by atoms with Gasteiger partial charge in [0.1, 0.15) is 24.2 Å². The van der Waals surface area contributed by atoms with Crippen LogP contribution in [-0.4, -0.2) is 41.4 Å². The van der Waals surface area contributed by atoms with Crippen LogP contribution in [0.2, 0.25) is 0 Å². The van der Waals surface area contributed by atoms with E-state index in [1.54, 1.807) is 24.3 Å². The van der Waals surface area contributed by atoms with Gasteiger partial charge in [-0.15, -0.1) is 11.8 Å². The maximum atomic E-state index is 14.7. The third kappa shape index (κ3) is 4.65. The fourth-order valence-corrected chi connectivity index (χ4v) is 5.68. The maximum absolute atomic E-state index is 14.7. The van der Waals surface area contributed by atoms with Gasteiger partial charge in [-0.3, -0.25) is 4.90 Å². The van der Waals surface area contributed by atoms with E-state index in [0.717, 1.165) is 42.6 Å². The van der Waals surface area contributed by atoms with Crippen LogP contribution in [-0.2, 0) is 0 Å². The molecule has 0 radical (unpaired) electrons. The summed E-state index contributed by atoms with van der Waals surface area (Å²) < 4.78 is 40.6. The molecule has 1 saturated heterocycles. The standard InChI is InChI=1S/C26H25F2NO4S/c27-20-15-21-25(22(28)23(20)31)33-24(26(34-21)17-3-7-18(30)8-4-17)16-5-9-19(10-6-16)32-14-13-29-11-1-2-12-29/h3-10,15,24,26,30-31H,1-2,11-14H2/t24-,26+/m0/s1. The predicted molar refractivity (Wildman–Crippen MR) is 126 cm³/mol. The molecule has 2 atom stereocenters. The van der Waals surface area contributed by atoms with E-state index in [-0.39, 0.29) is 21.6 Å². The number of fused-ring (bicyclic) bond motifs is 1. The SMILES string of the molecule is Oc1ccc([C@H]2Sc3cc(F)c(O)c(F)c3O[C@H]2c2ccc(OCCN3CCCC3)cc2)cc1. The Morgan fingerprint density at radius 3 is 2.35 bits per heavy atom. The van der Waals surface area contributed by atoms with E-state index in [9.17, 15) is 19.0 Å². The monoisotopic (exact) mass is 485 g/mol. The Morgan fingerprint density at radius 1 is 0.971 bits per heavy atom. The molecule has 1 fully saturated rings. The molecule has 178 valence electrons. The van der Waals surface area contributed by atoms with Gasteiger partial charge in [0.15, 0.2) is 17.3 Å². The number of thioether (sulfide) groups is 1. The Hall–Kier alpha value is -2.97. The number of benzene rings is 3. The van der Waals surface area contributed by atoms with E-state index in [1.165, 1.54) is 24.6 Å². The number of halogens is 2. The predicted octanol–water partition coefficient (Wildman–Crippen LogP) is 5.82. The van der Waals surface area contributed by atoms with Crippen LogP contribution < -0.4 is 9.47 Å². The summed E-state index contributed by atoms with van der Waals surface area (Å²) in [7, 11) is 0. The van der Waals surface area contributed by atoms with Crippen molar-refractivity contribution in [1.82, 2.24) is 4.90 Å². The van der Waals surface area contributed by atoms with E-state index in [1.807, 2.05) is 24.3 Å².